The Morgan fingerprint density at radius 3 is 2.60 bits per heavy atom. The molecule has 0 saturated carbocycles. The molecule has 0 aromatic heterocycles. The highest BCUT2D eigenvalue weighted by Crippen LogP contribution is 2.26. The lowest BCUT2D eigenvalue weighted by atomic mass is 9.98. The van der Waals surface area contributed by atoms with Crippen molar-refractivity contribution < 1.29 is 13.2 Å². The zero-order chi connectivity index (χ0) is 14.6. The van der Waals surface area contributed by atoms with Crippen molar-refractivity contribution in [1.82, 2.24) is 9.62 Å². The second kappa shape index (κ2) is 6.56. The first-order chi connectivity index (χ1) is 9.55. The van der Waals surface area contributed by atoms with Crippen LogP contribution in [0.5, 0.6) is 5.75 Å². The molecule has 112 valence electrons. The second-order valence-electron chi connectivity index (χ2n) is 5.13. The maximum Gasteiger partial charge on any atom is 0.246 e. The van der Waals surface area contributed by atoms with Crippen LogP contribution in [0.3, 0.4) is 0 Å². The molecule has 0 bridgehead atoms. The van der Waals surface area contributed by atoms with Gasteiger partial charge in [-0.2, -0.15) is 0 Å². The molecule has 0 atom stereocenters. The molecule has 20 heavy (non-hydrogen) atoms. The molecule has 1 saturated heterocycles. The number of benzene rings is 1. The van der Waals surface area contributed by atoms with Crippen LogP contribution in [0, 0.1) is 5.92 Å². The molecule has 6 heteroatoms. The molecule has 0 aliphatic carbocycles. The smallest absolute Gasteiger partial charge is 0.246 e. The number of rotatable bonds is 5. The number of ether oxygens (including phenoxy) is 1. The molecule has 0 radical (unpaired) electrons. The molecular weight excluding hydrogens is 276 g/mol. The van der Waals surface area contributed by atoms with Crippen molar-refractivity contribution in [3.05, 3.63) is 24.3 Å². The number of methoxy groups -OCH3 is 1. The van der Waals surface area contributed by atoms with Crippen molar-refractivity contribution in [3.63, 3.8) is 0 Å². The molecular formula is C14H22N2O3S. The van der Waals surface area contributed by atoms with E-state index in [9.17, 15) is 8.42 Å². The Bertz CT molecular complexity index is 539. The molecule has 0 spiro atoms. The van der Waals surface area contributed by atoms with E-state index in [4.69, 9.17) is 4.74 Å². The summed E-state index contributed by atoms with van der Waals surface area (Å²) in [6, 6.07) is 6.75. The van der Waals surface area contributed by atoms with Gasteiger partial charge in [-0.1, -0.05) is 12.1 Å². The predicted octanol–water partition coefficient (Wildman–Crippen LogP) is 1.32. The summed E-state index contributed by atoms with van der Waals surface area (Å²) in [5.74, 6) is 0.815. The minimum atomic E-state index is -3.49. The number of piperidine rings is 1. The van der Waals surface area contributed by atoms with Gasteiger partial charge in [0.05, 0.1) is 7.11 Å². The molecule has 1 aliphatic heterocycles. The topological polar surface area (TPSA) is 58.6 Å². The highest BCUT2D eigenvalue weighted by Gasteiger charge is 2.27. The number of para-hydroxylation sites is 1. The van der Waals surface area contributed by atoms with E-state index >= 15 is 0 Å². The van der Waals surface area contributed by atoms with Crippen molar-refractivity contribution in [1.29, 1.82) is 0 Å². The first-order valence-electron chi connectivity index (χ1n) is 6.86. The Balaban J connectivity index is 2.16. The van der Waals surface area contributed by atoms with Crippen LogP contribution in [-0.2, 0) is 10.0 Å². The lowest BCUT2D eigenvalue weighted by Gasteiger charge is -2.27. The lowest BCUT2D eigenvalue weighted by molar-refractivity contribution is 0.310. The van der Waals surface area contributed by atoms with Gasteiger partial charge < -0.3 is 10.1 Å². The van der Waals surface area contributed by atoms with Gasteiger partial charge in [0.25, 0.3) is 0 Å². The van der Waals surface area contributed by atoms with Gasteiger partial charge in [-0.25, -0.2) is 12.7 Å². The Labute approximate surface area is 121 Å². The number of hydrogen-bond acceptors (Lipinski definition) is 4. The van der Waals surface area contributed by atoms with Gasteiger partial charge in [0, 0.05) is 13.6 Å². The predicted molar refractivity (Wildman–Crippen MR) is 78.4 cm³/mol. The van der Waals surface area contributed by atoms with Crippen LogP contribution >= 0.6 is 0 Å². The molecule has 1 aliphatic rings. The minimum Gasteiger partial charge on any atom is -0.495 e. The minimum absolute atomic E-state index is 0.235. The molecule has 5 nitrogen and oxygen atoms in total. The molecule has 1 aromatic carbocycles. The third-order valence-electron chi connectivity index (χ3n) is 3.73. The first-order valence-corrected chi connectivity index (χ1v) is 8.30. The number of nitrogens with one attached hydrogen (secondary N) is 1. The molecule has 2 rings (SSSR count). The molecule has 1 aromatic rings. The van der Waals surface area contributed by atoms with E-state index in [1.807, 2.05) is 0 Å². The van der Waals surface area contributed by atoms with E-state index in [2.05, 4.69) is 5.32 Å². The zero-order valence-corrected chi connectivity index (χ0v) is 12.8. The maximum atomic E-state index is 12.6. The van der Waals surface area contributed by atoms with Crippen LogP contribution in [0.1, 0.15) is 12.8 Å². The fraction of sp³-hybridized carbons (Fsp3) is 0.571. The Hall–Kier alpha value is -1.11. The van der Waals surface area contributed by atoms with Crippen molar-refractivity contribution in [2.75, 3.05) is 33.8 Å². The van der Waals surface area contributed by atoms with Crippen LogP contribution in [0.25, 0.3) is 0 Å². The second-order valence-corrected chi connectivity index (χ2v) is 7.14. The monoisotopic (exact) mass is 298 g/mol. The summed E-state index contributed by atoms with van der Waals surface area (Å²) in [4.78, 5) is 0.235. The molecule has 1 heterocycles. The normalized spacial score (nSPS) is 17.4. The largest absolute Gasteiger partial charge is 0.495 e. The lowest BCUT2D eigenvalue weighted by Crippen LogP contribution is -2.37. The van der Waals surface area contributed by atoms with Gasteiger partial charge >= 0.3 is 0 Å². The summed E-state index contributed by atoms with van der Waals surface area (Å²) in [5, 5.41) is 3.29. The summed E-state index contributed by atoms with van der Waals surface area (Å²) < 4.78 is 31.8. The van der Waals surface area contributed by atoms with Crippen LogP contribution < -0.4 is 10.1 Å². The van der Waals surface area contributed by atoms with Crippen LogP contribution in [0.2, 0.25) is 0 Å². The van der Waals surface area contributed by atoms with Gasteiger partial charge in [0.15, 0.2) is 0 Å². The molecule has 0 unspecified atom stereocenters. The van der Waals surface area contributed by atoms with E-state index in [-0.39, 0.29) is 4.90 Å². The van der Waals surface area contributed by atoms with Gasteiger partial charge in [0.1, 0.15) is 10.6 Å². The maximum absolute atomic E-state index is 12.6. The first kappa shape index (κ1) is 15.3. The fourth-order valence-corrected chi connectivity index (χ4v) is 3.92. The summed E-state index contributed by atoms with van der Waals surface area (Å²) >= 11 is 0. The summed E-state index contributed by atoms with van der Waals surface area (Å²) in [5.41, 5.74) is 0. The van der Waals surface area contributed by atoms with E-state index in [0.717, 1.165) is 25.9 Å². The van der Waals surface area contributed by atoms with Crippen LogP contribution in [0.4, 0.5) is 0 Å². The average molecular weight is 298 g/mol. The van der Waals surface area contributed by atoms with E-state index in [1.165, 1.54) is 11.4 Å². The van der Waals surface area contributed by atoms with E-state index in [1.54, 1.807) is 31.3 Å². The van der Waals surface area contributed by atoms with Crippen molar-refractivity contribution >= 4 is 10.0 Å². The summed E-state index contributed by atoms with van der Waals surface area (Å²) in [6.45, 7) is 2.49. The SMILES string of the molecule is COc1ccccc1S(=O)(=O)N(C)CC1CCNCC1. The zero-order valence-electron chi connectivity index (χ0n) is 12.0. The molecule has 1 N–H and O–H groups in total. The standard InChI is InChI=1S/C14H22N2O3S/c1-16(11-12-7-9-15-10-8-12)20(17,18)14-6-4-3-5-13(14)19-2/h3-6,12,15H,7-11H2,1-2H3. The van der Waals surface area contributed by atoms with E-state index < -0.39 is 10.0 Å². The Morgan fingerprint density at radius 2 is 1.95 bits per heavy atom. The number of nitrogens with zero attached hydrogens (tertiary/aromatic N) is 1. The molecule has 1 fully saturated rings. The van der Waals surface area contributed by atoms with Crippen molar-refractivity contribution in [3.8, 4) is 5.75 Å². The Kier molecular flexibility index (Phi) is 5.01. The highest BCUT2D eigenvalue weighted by atomic mass is 32.2. The van der Waals surface area contributed by atoms with Crippen molar-refractivity contribution in [2.45, 2.75) is 17.7 Å². The van der Waals surface area contributed by atoms with Gasteiger partial charge in [-0.15, -0.1) is 0 Å². The molecule has 0 amide bonds. The highest BCUT2D eigenvalue weighted by molar-refractivity contribution is 7.89. The van der Waals surface area contributed by atoms with Crippen LogP contribution in [0.15, 0.2) is 29.2 Å². The number of hydrogen-bond donors (Lipinski definition) is 1. The summed E-state index contributed by atoms with van der Waals surface area (Å²) in [6.07, 6.45) is 2.04. The van der Waals surface area contributed by atoms with E-state index in [0.29, 0.717) is 18.2 Å². The Morgan fingerprint density at radius 1 is 1.30 bits per heavy atom. The average Bonchev–Trinajstić information content (AvgIpc) is 2.48. The number of sulfonamides is 1. The van der Waals surface area contributed by atoms with Crippen LogP contribution in [-0.4, -0.2) is 46.5 Å². The van der Waals surface area contributed by atoms with Gasteiger partial charge in [-0.3, -0.25) is 0 Å². The van der Waals surface area contributed by atoms with Crippen molar-refractivity contribution in [2.24, 2.45) is 5.92 Å². The third-order valence-corrected chi connectivity index (χ3v) is 5.59. The van der Waals surface area contributed by atoms with Gasteiger partial charge in [0.2, 0.25) is 10.0 Å². The third kappa shape index (κ3) is 3.31. The quantitative estimate of drug-likeness (QED) is 0.890. The fourth-order valence-electron chi connectivity index (χ4n) is 2.53. The van der Waals surface area contributed by atoms with Gasteiger partial charge in [-0.05, 0) is 44.0 Å². The summed E-state index contributed by atoms with van der Waals surface area (Å²) in [7, 11) is -0.363.